The van der Waals surface area contributed by atoms with Crippen LogP contribution in [0.3, 0.4) is 0 Å². The maximum absolute atomic E-state index is 13.1. The Hall–Kier alpha value is -3.38. The van der Waals surface area contributed by atoms with Gasteiger partial charge in [-0.2, -0.15) is 0 Å². The molecule has 0 radical (unpaired) electrons. The second-order valence-corrected chi connectivity index (χ2v) is 8.91. The van der Waals surface area contributed by atoms with Gasteiger partial charge in [-0.1, -0.05) is 36.4 Å². The highest BCUT2D eigenvalue weighted by Gasteiger charge is 2.21. The molecule has 0 amide bonds. The molecule has 6 heteroatoms. The molecular weight excluding hydrogens is 435 g/mol. The van der Waals surface area contributed by atoms with Crippen molar-refractivity contribution in [1.29, 1.82) is 0 Å². The topological polar surface area (TPSA) is 53.4 Å². The van der Waals surface area contributed by atoms with Crippen molar-refractivity contribution in [1.82, 2.24) is 9.88 Å². The molecule has 1 N–H and O–H groups in total. The Morgan fingerprint density at radius 1 is 1.03 bits per heavy atom. The fourth-order valence-corrected chi connectivity index (χ4v) is 4.92. The molecule has 4 nitrogen and oxygen atoms in total. The van der Waals surface area contributed by atoms with E-state index in [2.05, 4.69) is 28.1 Å². The van der Waals surface area contributed by atoms with Gasteiger partial charge in [0.1, 0.15) is 5.82 Å². The number of pyridine rings is 1. The molecule has 0 fully saturated rings. The largest absolute Gasteiger partial charge is 0.478 e. The molecule has 2 heterocycles. The molecule has 0 bridgehead atoms. The third-order valence-corrected chi connectivity index (χ3v) is 6.68. The first-order chi connectivity index (χ1) is 16.1. The van der Waals surface area contributed by atoms with E-state index in [0.717, 1.165) is 45.9 Å². The Morgan fingerprint density at radius 3 is 2.58 bits per heavy atom. The number of aryl methyl sites for hydroxylation is 1. The van der Waals surface area contributed by atoms with Crippen LogP contribution < -0.4 is 0 Å². The van der Waals surface area contributed by atoms with Crippen molar-refractivity contribution in [2.45, 2.75) is 19.4 Å². The molecule has 0 saturated heterocycles. The first-order valence-electron chi connectivity index (χ1n) is 10.9. The number of halogens is 1. The van der Waals surface area contributed by atoms with Gasteiger partial charge in [0.05, 0.1) is 10.6 Å². The number of carboxylic acids is 1. The minimum atomic E-state index is -0.914. The minimum Gasteiger partial charge on any atom is -0.478 e. The Bertz CT molecular complexity index is 1160. The van der Waals surface area contributed by atoms with E-state index in [1.807, 2.05) is 24.3 Å². The van der Waals surface area contributed by atoms with Gasteiger partial charge in [-0.15, -0.1) is 11.8 Å². The average molecular weight is 461 g/mol. The second kappa shape index (κ2) is 11.0. The van der Waals surface area contributed by atoms with Crippen LogP contribution in [0.15, 0.2) is 95.8 Å². The normalized spacial score (nSPS) is 13.4. The lowest BCUT2D eigenvalue weighted by atomic mass is 10.0. The van der Waals surface area contributed by atoms with Crippen molar-refractivity contribution in [2.75, 3.05) is 12.3 Å². The summed E-state index contributed by atoms with van der Waals surface area (Å²) in [5.74, 6) is -0.366. The highest BCUT2D eigenvalue weighted by Crippen LogP contribution is 2.31. The number of hydrogen-bond donors (Lipinski definition) is 1. The summed E-state index contributed by atoms with van der Waals surface area (Å²) >= 11 is 1.58. The highest BCUT2D eigenvalue weighted by atomic mass is 32.2. The molecule has 3 aromatic rings. The van der Waals surface area contributed by atoms with Gasteiger partial charge in [-0.3, -0.25) is 4.98 Å². The number of aliphatic carboxylic acids is 1. The van der Waals surface area contributed by atoms with Crippen LogP contribution in [0.4, 0.5) is 4.39 Å². The number of carbonyl (C=O) groups is 1. The summed E-state index contributed by atoms with van der Waals surface area (Å²) in [4.78, 5) is 18.1. The summed E-state index contributed by atoms with van der Waals surface area (Å²) in [5.41, 5.74) is 4.74. The van der Waals surface area contributed by atoms with E-state index in [4.69, 9.17) is 0 Å². The van der Waals surface area contributed by atoms with Crippen LogP contribution in [-0.4, -0.2) is 33.3 Å². The zero-order valence-electron chi connectivity index (χ0n) is 18.2. The smallest absolute Gasteiger partial charge is 0.338 e. The number of benzene rings is 2. The molecule has 0 spiro atoms. The van der Waals surface area contributed by atoms with Gasteiger partial charge in [0.15, 0.2) is 0 Å². The van der Waals surface area contributed by atoms with Crippen LogP contribution in [0.5, 0.6) is 0 Å². The number of nitrogens with zero attached hydrogens (tertiary/aromatic N) is 2. The van der Waals surface area contributed by atoms with Crippen molar-refractivity contribution in [2.24, 2.45) is 0 Å². The molecule has 0 atom stereocenters. The van der Waals surface area contributed by atoms with E-state index in [9.17, 15) is 14.3 Å². The van der Waals surface area contributed by atoms with Crippen molar-refractivity contribution < 1.29 is 14.3 Å². The summed E-state index contributed by atoms with van der Waals surface area (Å²) in [6.07, 6.45) is 8.86. The van der Waals surface area contributed by atoms with Gasteiger partial charge in [0, 0.05) is 25.5 Å². The summed E-state index contributed by atoms with van der Waals surface area (Å²) in [6, 6.07) is 18.8. The molecule has 2 aromatic carbocycles. The summed E-state index contributed by atoms with van der Waals surface area (Å²) in [6.45, 7) is 1.29. The molecule has 33 heavy (non-hydrogen) atoms. The fourth-order valence-electron chi connectivity index (χ4n) is 3.80. The molecule has 1 aliphatic rings. The van der Waals surface area contributed by atoms with E-state index in [0.29, 0.717) is 18.7 Å². The summed E-state index contributed by atoms with van der Waals surface area (Å²) in [5, 5.41) is 10.5. The first-order valence-corrected chi connectivity index (χ1v) is 11.8. The third kappa shape index (κ3) is 6.11. The predicted octanol–water partition coefficient (Wildman–Crippen LogP) is 5.92. The number of aromatic nitrogens is 1. The van der Waals surface area contributed by atoms with Crippen LogP contribution in [0, 0.1) is 5.82 Å². The van der Waals surface area contributed by atoms with Crippen LogP contribution in [-0.2, 0) is 17.8 Å². The monoisotopic (exact) mass is 460 g/mol. The lowest BCUT2D eigenvalue weighted by molar-refractivity contribution is -0.132. The SMILES string of the molecule is O=C(O)C1=C(SCCCc2ccc(F)cc2)N(Cc2cccc(-c3ccncc3)c2)CC=C1. The number of rotatable bonds is 9. The maximum atomic E-state index is 13.1. The Morgan fingerprint density at radius 2 is 1.82 bits per heavy atom. The Balaban J connectivity index is 1.46. The van der Waals surface area contributed by atoms with E-state index >= 15 is 0 Å². The zero-order valence-corrected chi connectivity index (χ0v) is 19.0. The van der Waals surface area contributed by atoms with Crippen molar-refractivity contribution >= 4 is 17.7 Å². The second-order valence-electron chi connectivity index (χ2n) is 7.82. The fraction of sp³-hybridized carbons (Fsp3) is 0.185. The highest BCUT2D eigenvalue weighted by molar-refractivity contribution is 8.03. The van der Waals surface area contributed by atoms with Crippen LogP contribution >= 0.6 is 11.8 Å². The van der Waals surface area contributed by atoms with Crippen LogP contribution in [0.1, 0.15) is 17.5 Å². The summed E-state index contributed by atoms with van der Waals surface area (Å²) in [7, 11) is 0. The van der Waals surface area contributed by atoms with Crippen molar-refractivity contribution in [3.63, 3.8) is 0 Å². The lowest BCUT2D eigenvalue weighted by Crippen LogP contribution is -2.27. The van der Waals surface area contributed by atoms with E-state index in [1.54, 1.807) is 42.4 Å². The lowest BCUT2D eigenvalue weighted by Gasteiger charge is -2.30. The standard InChI is InChI=1S/C27H25FN2O2S/c28-24-10-8-20(9-11-24)5-3-17-33-26-25(27(31)32)7-2-16-30(26)19-21-4-1-6-23(18-21)22-12-14-29-15-13-22/h1-2,4,6-15,18H,3,5,16-17,19H2,(H,31,32). The molecule has 1 aliphatic heterocycles. The molecule has 0 unspecified atom stereocenters. The van der Waals surface area contributed by atoms with Gasteiger partial charge < -0.3 is 10.0 Å². The van der Waals surface area contributed by atoms with Gasteiger partial charge in [-0.25, -0.2) is 9.18 Å². The molecule has 0 saturated carbocycles. The van der Waals surface area contributed by atoms with E-state index < -0.39 is 5.97 Å². The zero-order chi connectivity index (χ0) is 23.0. The van der Waals surface area contributed by atoms with Gasteiger partial charge in [0.2, 0.25) is 0 Å². The van der Waals surface area contributed by atoms with Crippen LogP contribution in [0.2, 0.25) is 0 Å². The Kier molecular flexibility index (Phi) is 7.58. The molecular formula is C27H25FN2O2S. The van der Waals surface area contributed by atoms with Crippen molar-refractivity contribution in [3.05, 3.63) is 113 Å². The molecule has 0 aliphatic carbocycles. The molecule has 168 valence electrons. The summed E-state index contributed by atoms with van der Waals surface area (Å²) < 4.78 is 13.1. The van der Waals surface area contributed by atoms with E-state index in [1.165, 1.54) is 12.1 Å². The van der Waals surface area contributed by atoms with Gasteiger partial charge in [0.25, 0.3) is 0 Å². The minimum absolute atomic E-state index is 0.234. The quantitative estimate of drug-likeness (QED) is 0.402. The molecule has 1 aromatic heterocycles. The van der Waals surface area contributed by atoms with Crippen LogP contribution in [0.25, 0.3) is 11.1 Å². The number of hydrogen-bond acceptors (Lipinski definition) is 4. The van der Waals surface area contributed by atoms with Gasteiger partial charge in [-0.05, 0) is 77.3 Å². The van der Waals surface area contributed by atoms with Gasteiger partial charge >= 0.3 is 5.97 Å². The number of thioether (sulfide) groups is 1. The Labute approximate surface area is 197 Å². The predicted molar refractivity (Wildman–Crippen MR) is 131 cm³/mol. The van der Waals surface area contributed by atoms with Crippen molar-refractivity contribution in [3.8, 4) is 11.1 Å². The van der Waals surface area contributed by atoms with E-state index in [-0.39, 0.29) is 5.82 Å². The average Bonchev–Trinajstić information content (AvgIpc) is 2.84. The maximum Gasteiger partial charge on any atom is 0.338 e. The first kappa shape index (κ1) is 22.8. The molecule has 4 rings (SSSR count). The third-order valence-electron chi connectivity index (χ3n) is 5.43. The number of carboxylic acid groups (broad SMARTS) is 1.